The summed E-state index contributed by atoms with van der Waals surface area (Å²) in [5.74, 6) is -0.165. The van der Waals surface area contributed by atoms with Gasteiger partial charge in [0.25, 0.3) is 0 Å². The van der Waals surface area contributed by atoms with Gasteiger partial charge in [-0.15, -0.1) is 0 Å². The molecule has 1 N–H and O–H groups in total. The van der Waals surface area contributed by atoms with Crippen LogP contribution in [0, 0.1) is 5.82 Å². The van der Waals surface area contributed by atoms with Gasteiger partial charge in [-0.05, 0) is 31.5 Å². The van der Waals surface area contributed by atoms with Crippen molar-refractivity contribution in [1.29, 1.82) is 0 Å². The largest absolute Gasteiger partial charge is 0.304 e. The van der Waals surface area contributed by atoms with Crippen LogP contribution in [0.3, 0.4) is 0 Å². The lowest BCUT2D eigenvalue weighted by Gasteiger charge is -2.22. The number of hydrogen-bond acceptors (Lipinski definition) is 1. The fourth-order valence-corrected chi connectivity index (χ4v) is 2.84. The minimum atomic E-state index is -0.165. The Morgan fingerprint density at radius 3 is 2.05 bits per heavy atom. The first-order valence-electron chi connectivity index (χ1n) is 6.34. The molecule has 0 heterocycles. The minimum Gasteiger partial charge on any atom is -0.304 e. The molecule has 2 atom stereocenters. The van der Waals surface area contributed by atoms with E-state index in [1.165, 1.54) is 11.6 Å². The van der Waals surface area contributed by atoms with Crippen LogP contribution in [0.25, 0.3) is 0 Å². The number of hydrogen-bond donors (Lipinski definition) is 1. The van der Waals surface area contributed by atoms with Crippen molar-refractivity contribution in [3.05, 3.63) is 69.9 Å². The first-order valence-corrected chi connectivity index (χ1v) is 7.14. The smallest absolute Gasteiger partial charge is 0.127 e. The van der Waals surface area contributed by atoms with Gasteiger partial charge in [-0.2, -0.15) is 0 Å². The first kappa shape index (κ1) is 14.2. The summed E-state index contributed by atoms with van der Waals surface area (Å²) in [6.07, 6.45) is 0. The molecule has 0 fully saturated rings. The molecule has 0 radical (unpaired) electrons. The zero-order valence-electron chi connectivity index (χ0n) is 11.0. The van der Waals surface area contributed by atoms with Crippen molar-refractivity contribution in [3.8, 4) is 0 Å². The molecule has 0 aromatic heterocycles. The zero-order valence-corrected chi connectivity index (χ0v) is 12.6. The van der Waals surface area contributed by atoms with E-state index in [2.05, 4.69) is 34.2 Å². The highest BCUT2D eigenvalue weighted by atomic mass is 79.9. The van der Waals surface area contributed by atoms with Crippen LogP contribution < -0.4 is 5.32 Å². The second-order valence-corrected chi connectivity index (χ2v) is 5.51. The Morgan fingerprint density at radius 1 is 0.895 bits per heavy atom. The van der Waals surface area contributed by atoms with E-state index in [-0.39, 0.29) is 17.9 Å². The molecule has 0 saturated heterocycles. The average molecular weight is 322 g/mol. The van der Waals surface area contributed by atoms with E-state index in [1.54, 1.807) is 6.07 Å². The molecule has 0 saturated carbocycles. The van der Waals surface area contributed by atoms with Crippen LogP contribution in [0.5, 0.6) is 0 Å². The molecule has 2 aromatic carbocycles. The van der Waals surface area contributed by atoms with Crippen molar-refractivity contribution < 1.29 is 4.39 Å². The molecule has 19 heavy (non-hydrogen) atoms. The fraction of sp³-hybridized carbons (Fsp3) is 0.250. The van der Waals surface area contributed by atoms with Crippen LogP contribution in [0.2, 0.25) is 0 Å². The second kappa shape index (κ2) is 6.31. The molecule has 0 aliphatic carbocycles. The maximum atomic E-state index is 13.7. The van der Waals surface area contributed by atoms with Crippen molar-refractivity contribution in [2.24, 2.45) is 0 Å². The van der Waals surface area contributed by atoms with Gasteiger partial charge in [-0.1, -0.05) is 52.3 Å². The van der Waals surface area contributed by atoms with Crippen LogP contribution >= 0.6 is 15.9 Å². The molecule has 0 bridgehead atoms. The SMILES string of the molecule is CC(N[C@H](C)c1ccccc1F)c1ccccc1Br. The molecule has 3 heteroatoms. The minimum absolute atomic E-state index is 0.0386. The molecule has 1 nitrogen and oxygen atoms in total. The summed E-state index contributed by atoms with van der Waals surface area (Å²) in [6.45, 7) is 4.06. The molecule has 0 aliphatic heterocycles. The Labute approximate surface area is 122 Å². The van der Waals surface area contributed by atoms with E-state index in [1.807, 2.05) is 37.3 Å². The van der Waals surface area contributed by atoms with E-state index in [9.17, 15) is 4.39 Å². The van der Waals surface area contributed by atoms with E-state index in [0.29, 0.717) is 5.56 Å². The van der Waals surface area contributed by atoms with Crippen LogP contribution in [0.15, 0.2) is 53.0 Å². The second-order valence-electron chi connectivity index (χ2n) is 4.65. The molecule has 0 amide bonds. The highest BCUT2D eigenvalue weighted by Gasteiger charge is 2.15. The maximum absolute atomic E-state index is 13.7. The van der Waals surface area contributed by atoms with Crippen molar-refractivity contribution in [3.63, 3.8) is 0 Å². The van der Waals surface area contributed by atoms with Crippen molar-refractivity contribution >= 4 is 15.9 Å². The van der Waals surface area contributed by atoms with Gasteiger partial charge in [-0.25, -0.2) is 4.39 Å². The van der Waals surface area contributed by atoms with Gasteiger partial charge in [0.2, 0.25) is 0 Å². The summed E-state index contributed by atoms with van der Waals surface area (Å²) >= 11 is 3.54. The Balaban J connectivity index is 2.13. The lowest BCUT2D eigenvalue weighted by molar-refractivity contribution is 0.473. The van der Waals surface area contributed by atoms with E-state index >= 15 is 0 Å². The third-order valence-electron chi connectivity index (χ3n) is 3.24. The number of benzene rings is 2. The molecule has 0 spiro atoms. The third-order valence-corrected chi connectivity index (χ3v) is 3.97. The topological polar surface area (TPSA) is 12.0 Å². The maximum Gasteiger partial charge on any atom is 0.127 e. The fourth-order valence-electron chi connectivity index (χ4n) is 2.21. The van der Waals surface area contributed by atoms with Crippen molar-refractivity contribution in [1.82, 2.24) is 5.32 Å². The predicted octanol–water partition coefficient (Wildman–Crippen LogP) is 5.00. The summed E-state index contributed by atoms with van der Waals surface area (Å²) in [5, 5.41) is 3.42. The van der Waals surface area contributed by atoms with Gasteiger partial charge in [0.15, 0.2) is 0 Å². The lowest BCUT2D eigenvalue weighted by Crippen LogP contribution is -2.23. The monoisotopic (exact) mass is 321 g/mol. The highest BCUT2D eigenvalue weighted by molar-refractivity contribution is 9.10. The van der Waals surface area contributed by atoms with E-state index < -0.39 is 0 Å². The Kier molecular flexibility index (Phi) is 4.72. The van der Waals surface area contributed by atoms with Crippen LogP contribution in [-0.4, -0.2) is 0 Å². The number of nitrogens with one attached hydrogen (secondary N) is 1. The van der Waals surface area contributed by atoms with Gasteiger partial charge in [0.1, 0.15) is 5.82 Å². The highest BCUT2D eigenvalue weighted by Crippen LogP contribution is 2.26. The first-order chi connectivity index (χ1) is 9.09. The quantitative estimate of drug-likeness (QED) is 0.835. The van der Waals surface area contributed by atoms with Crippen molar-refractivity contribution in [2.45, 2.75) is 25.9 Å². The Hall–Kier alpha value is -1.19. The van der Waals surface area contributed by atoms with Gasteiger partial charge < -0.3 is 5.32 Å². The van der Waals surface area contributed by atoms with E-state index in [0.717, 1.165) is 4.47 Å². The molecular weight excluding hydrogens is 305 g/mol. The standard InChI is InChI=1S/C16H17BrFN/c1-11(13-7-3-5-9-15(13)17)19-12(2)14-8-4-6-10-16(14)18/h3-12,19H,1-2H3/t11?,12-/m1/s1. The van der Waals surface area contributed by atoms with Gasteiger partial charge >= 0.3 is 0 Å². The zero-order chi connectivity index (χ0) is 13.8. The number of rotatable bonds is 4. The van der Waals surface area contributed by atoms with Crippen LogP contribution in [0.4, 0.5) is 4.39 Å². The van der Waals surface area contributed by atoms with Crippen molar-refractivity contribution in [2.75, 3.05) is 0 Å². The molecule has 2 rings (SSSR count). The molecule has 1 unspecified atom stereocenters. The van der Waals surface area contributed by atoms with Gasteiger partial charge in [-0.3, -0.25) is 0 Å². The summed E-state index contributed by atoms with van der Waals surface area (Å²) in [5.41, 5.74) is 1.87. The van der Waals surface area contributed by atoms with Crippen LogP contribution in [-0.2, 0) is 0 Å². The Bertz CT molecular complexity index is 506. The normalized spacial score (nSPS) is 14.1. The molecule has 100 valence electrons. The summed E-state index contributed by atoms with van der Waals surface area (Å²) < 4.78 is 14.8. The molecular formula is C16H17BrFN. The average Bonchev–Trinajstić information content (AvgIpc) is 2.39. The molecule has 0 aliphatic rings. The summed E-state index contributed by atoms with van der Waals surface area (Å²) in [4.78, 5) is 0. The lowest BCUT2D eigenvalue weighted by atomic mass is 10.0. The van der Waals surface area contributed by atoms with Gasteiger partial charge in [0.05, 0.1) is 0 Å². The summed E-state index contributed by atoms with van der Waals surface area (Å²) in [6, 6.07) is 15.1. The third kappa shape index (κ3) is 3.43. The Morgan fingerprint density at radius 2 is 1.42 bits per heavy atom. The number of halogens is 2. The predicted molar refractivity (Wildman–Crippen MR) is 80.5 cm³/mol. The van der Waals surface area contributed by atoms with E-state index in [4.69, 9.17) is 0 Å². The molecule has 2 aromatic rings. The summed E-state index contributed by atoms with van der Waals surface area (Å²) in [7, 11) is 0. The van der Waals surface area contributed by atoms with Crippen LogP contribution in [0.1, 0.15) is 37.1 Å². The van der Waals surface area contributed by atoms with Gasteiger partial charge in [0, 0.05) is 22.1 Å².